The number of methoxy groups -OCH3 is 1. The highest BCUT2D eigenvalue weighted by molar-refractivity contribution is 5.99. The fourth-order valence-electron chi connectivity index (χ4n) is 3.21. The van der Waals surface area contributed by atoms with Crippen LogP contribution in [0.5, 0.6) is 5.75 Å². The Balaban J connectivity index is 1.87. The maximum absolute atomic E-state index is 12.5. The molecule has 1 aromatic heterocycles. The Kier molecular flexibility index (Phi) is 6.11. The van der Waals surface area contributed by atoms with Gasteiger partial charge in [0.1, 0.15) is 5.75 Å². The predicted octanol–water partition coefficient (Wildman–Crippen LogP) is 2.84. The Labute approximate surface area is 158 Å². The van der Waals surface area contributed by atoms with Crippen LogP contribution in [0.1, 0.15) is 36.7 Å². The number of carbonyl (C=O) groups excluding carboxylic acids is 2. The van der Waals surface area contributed by atoms with Gasteiger partial charge in [0.05, 0.1) is 25.8 Å². The number of ether oxygens (including phenoxy) is 2. The molecule has 0 aliphatic carbocycles. The van der Waals surface area contributed by atoms with E-state index in [9.17, 15) is 9.59 Å². The molecule has 0 spiro atoms. The highest BCUT2D eigenvalue weighted by Crippen LogP contribution is 2.27. The molecule has 1 N–H and O–H groups in total. The number of esters is 1. The van der Waals surface area contributed by atoms with E-state index < -0.39 is 5.97 Å². The van der Waals surface area contributed by atoms with E-state index in [2.05, 4.69) is 10.3 Å². The van der Waals surface area contributed by atoms with Crippen molar-refractivity contribution in [1.29, 1.82) is 0 Å². The van der Waals surface area contributed by atoms with Gasteiger partial charge in [-0.3, -0.25) is 4.79 Å². The Hall–Kier alpha value is -2.83. The van der Waals surface area contributed by atoms with Crippen LogP contribution in [0, 0.1) is 0 Å². The summed E-state index contributed by atoms with van der Waals surface area (Å²) >= 11 is 0. The lowest BCUT2D eigenvalue weighted by molar-refractivity contribution is -0.130. The fraction of sp³-hybridized carbons (Fsp3) is 0.450. The topological polar surface area (TPSA) is 80.8 Å². The van der Waals surface area contributed by atoms with Gasteiger partial charge in [-0.2, -0.15) is 0 Å². The zero-order valence-corrected chi connectivity index (χ0v) is 15.8. The molecule has 144 valence electrons. The molecule has 1 aliphatic rings. The fourth-order valence-corrected chi connectivity index (χ4v) is 3.21. The van der Waals surface area contributed by atoms with Crippen molar-refractivity contribution >= 4 is 28.5 Å². The number of fused-ring (bicyclic) bond motifs is 1. The summed E-state index contributed by atoms with van der Waals surface area (Å²) in [6.45, 7) is 3.80. The third-order valence-corrected chi connectivity index (χ3v) is 4.64. The van der Waals surface area contributed by atoms with Gasteiger partial charge < -0.3 is 19.7 Å². The van der Waals surface area contributed by atoms with Crippen LogP contribution in [-0.2, 0) is 9.53 Å². The van der Waals surface area contributed by atoms with Crippen molar-refractivity contribution in [3.05, 3.63) is 30.0 Å². The largest absolute Gasteiger partial charge is 0.497 e. The molecule has 0 radical (unpaired) electrons. The normalized spacial score (nSPS) is 14.1. The lowest BCUT2D eigenvalue weighted by atomic mass is 10.1. The summed E-state index contributed by atoms with van der Waals surface area (Å²) in [7, 11) is 1.59. The molecule has 2 heterocycles. The lowest BCUT2D eigenvalue weighted by Gasteiger charge is -2.27. The number of nitrogens with one attached hydrogen (secondary N) is 1. The monoisotopic (exact) mass is 371 g/mol. The number of anilines is 1. The summed E-state index contributed by atoms with van der Waals surface area (Å²) < 4.78 is 10.4. The summed E-state index contributed by atoms with van der Waals surface area (Å²) in [4.78, 5) is 30.9. The first-order chi connectivity index (χ1) is 13.1. The Bertz CT molecular complexity index is 831. The molecular formula is C20H25N3O4. The minimum Gasteiger partial charge on any atom is -0.497 e. The van der Waals surface area contributed by atoms with E-state index in [1.165, 1.54) is 6.42 Å². The number of hydrogen-bond acceptors (Lipinski definition) is 6. The first-order valence-corrected chi connectivity index (χ1v) is 9.30. The number of piperidine rings is 1. The molecule has 7 nitrogen and oxygen atoms in total. The van der Waals surface area contributed by atoms with E-state index in [0.717, 1.165) is 31.3 Å². The molecule has 27 heavy (non-hydrogen) atoms. The standard InChI is InChI=1S/C20H25N3O4/c1-3-27-20(25)18-12-17(15-11-14(26-2)7-8-16(15)22-18)21-13-19(24)23-9-5-4-6-10-23/h7-8,11-12H,3-6,9-10,13H2,1-2H3,(H,21,22). The van der Waals surface area contributed by atoms with E-state index in [-0.39, 0.29) is 24.8 Å². The summed E-state index contributed by atoms with van der Waals surface area (Å²) in [6.07, 6.45) is 3.27. The summed E-state index contributed by atoms with van der Waals surface area (Å²) in [5.41, 5.74) is 1.50. The van der Waals surface area contributed by atoms with Crippen molar-refractivity contribution in [2.75, 3.05) is 38.7 Å². The minimum atomic E-state index is -0.486. The molecule has 1 fully saturated rings. The second-order valence-corrected chi connectivity index (χ2v) is 6.45. The summed E-state index contributed by atoms with van der Waals surface area (Å²) in [5.74, 6) is 0.249. The Morgan fingerprint density at radius 3 is 2.67 bits per heavy atom. The molecule has 0 unspecified atom stereocenters. The van der Waals surface area contributed by atoms with Gasteiger partial charge in [0.2, 0.25) is 5.91 Å². The van der Waals surface area contributed by atoms with Crippen molar-refractivity contribution in [2.24, 2.45) is 0 Å². The van der Waals surface area contributed by atoms with Crippen molar-refractivity contribution in [2.45, 2.75) is 26.2 Å². The predicted molar refractivity (Wildman–Crippen MR) is 103 cm³/mol. The maximum atomic E-state index is 12.5. The van der Waals surface area contributed by atoms with Crippen molar-refractivity contribution in [3.63, 3.8) is 0 Å². The summed E-state index contributed by atoms with van der Waals surface area (Å²) in [6, 6.07) is 7.04. The van der Waals surface area contributed by atoms with Crippen LogP contribution in [0.3, 0.4) is 0 Å². The Morgan fingerprint density at radius 2 is 1.96 bits per heavy atom. The number of amides is 1. The van der Waals surface area contributed by atoms with Crippen molar-refractivity contribution in [1.82, 2.24) is 9.88 Å². The second-order valence-electron chi connectivity index (χ2n) is 6.45. The average Bonchev–Trinajstić information content (AvgIpc) is 2.71. The minimum absolute atomic E-state index is 0.0558. The zero-order valence-electron chi connectivity index (χ0n) is 15.8. The number of aromatic nitrogens is 1. The molecule has 0 bridgehead atoms. The third-order valence-electron chi connectivity index (χ3n) is 4.64. The molecule has 1 amide bonds. The van der Waals surface area contributed by atoms with Crippen LogP contribution in [0.2, 0.25) is 0 Å². The van der Waals surface area contributed by atoms with Gasteiger partial charge in [0.15, 0.2) is 5.69 Å². The van der Waals surface area contributed by atoms with Crippen LogP contribution in [0.15, 0.2) is 24.3 Å². The molecule has 1 aliphatic heterocycles. The number of likely N-dealkylation sites (tertiary alicyclic amines) is 1. The second kappa shape index (κ2) is 8.70. The van der Waals surface area contributed by atoms with Gasteiger partial charge in [0.25, 0.3) is 0 Å². The number of carbonyl (C=O) groups is 2. The van der Waals surface area contributed by atoms with Crippen LogP contribution in [0.25, 0.3) is 10.9 Å². The van der Waals surface area contributed by atoms with E-state index in [1.54, 1.807) is 32.2 Å². The molecule has 1 aromatic carbocycles. The van der Waals surface area contributed by atoms with E-state index in [0.29, 0.717) is 17.0 Å². The van der Waals surface area contributed by atoms with Gasteiger partial charge >= 0.3 is 5.97 Å². The maximum Gasteiger partial charge on any atom is 0.357 e. The van der Waals surface area contributed by atoms with Gasteiger partial charge in [-0.25, -0.2) is 9.78 Å². The van der Waals surface area contributed by atoms with Crippen LogP contribution >= 0.6 is 0 Å². The molecule has 0 atom stereocenters. The highest BCUT2D eigenvalue weighted by atomic mass is 16.5. The highest BCUT2D eigenvalue weighted by Gasteiger charge is 2.18. The number of rotatable bonds is 6. The third kappa shape index (κ3) is 4.48. The van der Waals surface area contributed by atoms with Crippen molar-refractivity contribution < 1.29 is 19.1 Å². The number of benzene rings is 1. The number of pyridine rings is 1. The van der Waals surface area contributed by atoms with Gasteiger partial charge in [-0.1, -0.05) is 0 Å². The van der Waals surface area contributed by atoms with Gasteiger partial charge in [0, 0.05) is 24.2 Å². The number of nitrogens with zero attached hydrogens (tertiary/aromatic N) is 2. The van der Waals surface area contributed by atoms with E-state index in [4.69, 9.17) is 9.47 Å². The van der Waals surface area contributed by atoms with Crippen LogP contribution in [0.4, 0.5) is 5.69 Å². The van der Waals surface area contributed by atoms with Gasteiger partial charge in [-0.15, -0.1) is 0 Å². The van der Waals surface area contributed by atoms with E-state index >= 15 is 0 Å². The molecule has 3 rings (SSSR count). The molecule has 2 aromatic rings. The Morgan fingerprint density at radius 1 is 1.19 bits per heavy atom. The summed E-state index contributed by atoms with van der Waals surface area (Å²) in [5, 5.41) is 3.96. The van der Waals surface area contributed by atoms with E-state index in [1.807, 2.05) is 11.0 Å². The SMILES string of the molecule is CCOC(=O)c1cc(NCC(=O)N2CCCCC2)c2cc(OC)ccc2n1. The zero-order chi connectivity index (χ0) is 19.2. The number of hydrogen-bond donors (Lipinski definition) is 1. The van der Waals surface area contributed by atoms with Gasteiger partial charge in [-0.05, 0) is 50.5 Å². The molecular weight excluding hydrogens is 346 g/mol. The first kappa shape index (κ1) is 18.9. The van der Waals surface area contributed by atoms with Crippen LogP contribution in [-0.4, -0.2) is 55.1 Å². The molecule has 7 heteroatoms. The molecule has 1 saturated heterocycles. The first-order valence-electron chi connectivity index (χ1n) is 9.30. The molecule has 0 saturated carbocycles. The average molecular weight is 371 g/mol. The van der Waals surface area contributed by atoms with Crippen LogP contribution < -0.4 is 10.1 Å². The smallest absolute Gasteiger partial charge is 0.357 e. The quantitative estimate of drug-likeness (QED) is 0.787. The lowest BCUT2D eigenvalue weighted by Crippen LogP contribution is -2.39. The van der Waals surface area contributed by atoms with Crippen molar-refractivity contribution in [3.8, 4) is 5.75 Å².